The van der Waals surface area contributed by atoms with E-state index in [1.807, 2.05) is 43.0 Å². The zero-order chi connectivity index (χ0) is 25.3. The van der Waals surface area contributed by atoms with Gasteiger partial charge in [-0.25, -0.2) is 0 Å². The van der Waals surface area contributed by atoms with Gasteiger partial charge in [-0.15, -0.1) is 0 Å². The van der Waals surface area contributed by atoms with Crippen LogP contribution in [0.5, 0.6) is 0 Å². The number of nitrogens with zero attached hydrogens (tertiary/aromatic N) is 5. The predicted molar refractivity (Wildman–Crippen MR) is 149 cm³/mol. The summed E-state index contributed by atoms with van der Waals surface area (Å²) in [5.41, 5.74) is 8.66. The normalized spacial score (nSPS) is 14.1. The first-order chi connectivity index (χ1) is 18.8. The van der Waals surface area contributed by atoms with Crippen molar-refractivity contribution in [2.24, 2.45) is 5.92 Å². The molecular formula is C30H28N8. The minimum Gasteiger partial charge on any atom is -0.353 e. The molecule has 188 valence electrons. The molecule has 0 radical (unpaired) electrons. The second-order valence-corrected chi connectivity index (χ2v) is 10.1. The molecule has 38 heavy (non-hydrogen) atoms. The average molecular weight is 501 g/mol. The SMILES string of the molecule is c1cc(-c2nccc3[nH]c(-c4n[nH]c5cnc(-c6cncc(CNCC7CCCC7)c6)cc45)cc23)ccn1. The fourth-order valence-electron chi connectivity index (χ4n) is 5.56. The van der Waals surface area contributed by atoms with E-state index in [-0.39, 0.29) is 0 Å². The molecule has 7 rings (SSSR count). The minimum absolute atomic E-state index is 0.816. The topological polar surface area (TPSA) is 108 Å². The Morgan fingerprint density at radius 3 is 2.55 bits per heavy atom. The molecular weight excluding hydrogens is 472 g/mol. The third-order valence-corrected chi connectivity index (χ3v) is 7.53. The van der Waals surface area contributed by atoms with Crippen LogP contribution < -0.4 is 5.32 Å². The summed E-state index contributed by atoms with van der Waals surface area (Å²) in [6, 6.07) is 12.3. The Morgan fingerprint density at radius 1 is 0.789 bits per heavy atom. The van der Waals surface area contributed by atoms with Crippen LogP contribution >= 0.6 is 0 Å². The largest absolute Gasteiger partial charge is 0.353 e. The molecule has 6 heterocycles. The highest BCUT2D eigenvalue weighted by Crippen LogP contribution is 2.33. The van der Waals surface area contributed by atoms with E-state index in [9.17, 15) is 0 Å². The van der Waals surface area contributed by atoms with Gasteiger partial charge in [-0.05, 0) is 67.3 Å². The van der Waals surface area contributed by atoms with Gasteiger partial charge >= 0.3 is 0 Å². The molecule has 0 aromatic carbocycles. The highest BCUT2D eigenvalue weighted by molar-refractivity contribution is 6.00. The maximum absolute atomic E-state index is 4.71. The summed E-state index contributed by atoms with van der Waals surface area (Å²) in [4.78, 5) is 21.5. The molecule has 1 saturated carbocycles. The first kappa shape index (κ1) is 22.7. The number of pyridine rings is 4. The highest BCUT2D eigenvalue weighted by atomic mass is 15.1. The number of aromatic nitrogens is 7. The Hall–Kier alpha value is -4.43. The average Bonchev–Trinajstić information content (AvgIpc) is 3.73. The molecule has 8 nitrogen and oxygen atoms in total. The second kappa shape index (κ2) is 9.79. The molecule has 0 saturated heterocycles. The van der Waals surface area contributed by atoms with Crippen LogP contribution in [0.1, 0.15) is 31.2 Å². The Balaban J connectivity index is 1.20. The molecule has 1 aliphatic carbocycles. The molecule has 6 aromatic rings. The van der Waals surface area contributed by atoms with E-state index in [0.29, 0.717) is 0 Å². The number of nitrogens with one attached hydrogen (secondary N) is 3. The van der Waals surface area contributed by atoms with Gasteiger partial charge in [0.05, 0.1) is 28.8 Å². The van der Waals surface area contributed by atoms with Gasteiger partial charge in [-0.3, -0.25) is 25.0 Å². The Morgan fingerprint density at radius 2 is 1.66 bits per heavy atom. The van der Waals surface area contributed by atoms with E-state index in [4.69, 9.17) is 4.98 Å². The van der Waals surface area contributed by atoms with Gasteiger partial charge in [0.15, 0.2) is 0 Å². The fraction of sp³-hybridized carbons (Fsp3) is 0.233. The van der Waals surface area contributed by atoms with Gasteiger partial charge in [0.25, 0.3) is 0 Å². The van der Waals surface area contributed by atoms with E-state index < -0.39 is 0 Å². The van der Waals surface area contributed by atoms with Gasteiger partial charge in [-0.1, -0.05) is 12.8 Å². The summed E-state index contributed by atoms with van der Waals surface area (Å²) in [7, 11) is 0. The molecule has 0 aliphatic heterocycles. The summed E-state index contributed by atoms with van der Waals surface area (Å²) in [5.74, 6) is 0.816. The first-order valence-corrected chi connectivity index (χ1v) is 13.2. The lowest BCUT2D eigenvalue weighted by atomic mass is 10.1. The number of rotatable bonds is 7. The third-order valence-electron chi connectivity index (χ3n) is 7.53. The summed E-state index contributed by atoms with van der Waals surface area (Å²) in [6.07, 6.45) is 16.5. The number of aromatic amines is 2. The van der Waals surface area contributed by atoms with Crippen molar-refractivity contribution in [3.63, 3.8) is 0 Å². The van der Waals surface area contributed by atoms with Crippen molar-refractivity contribution >= 4 is 21.8 Å². The lowest BCUT2D eigenvalue weighted by Gasteiger charge is -2.11. The Labute approximate surface area is 220 Å². The van der Waals surface area contributed by atoms with Gasteiger partial charge in [0.1, 0.15) is 5.69 Å². The fourth-order valence-corrected chi connectivity index (χ4v) is 5.56. The van der Waals surface area contributed by atoms with Gasteiger partial charge in [0, 0.05) is 64.9 Å². The molecule has 0 bridgehead atoms. The van der Waals surface area contributed by atoms with Crippen molar-refractivity contribution in [2.45, 2.75) is 32.2 Å². The van der Waals surface area contributed by atoms with Crippen molar-refractivity contribution in [2.75, 3.05) is 6.54 Å². The summed E-state index contributed by atoms with van der Waals surface area (Å²) < 4.78 is 0. The van der Waals surface area contributed by atoms with Crippen LogP contribution in [0.15, 0.2) is 73.6 Å². The van der Waals surface area contributed by atoms with Crippen LogP contribution in [-0.4, -0.2) is 41.7 Å². The van der Waals surface area contributed by atoms with E-state index in [1.165, 1.54) is 31.2 Å². The standard InChI is InChI=1S/C30H28N8/c1-2-4-19(3-1)14-32-15-20-11-22(17-33-16-20)26-12-24-28(18-35-26)37-38-30(24)27-13-23-25(36-27)7-10-34-29(23)21-5-8-31-9-6-21/h5-13,16-19,32,36H,1-4,14-15H2,(H,37,38). The summed E-state index contributed by atoms with van der Waals surface area (Å²) in [6.45, 7) is 1.90. The Bertz CT molecular complexity index is 1710. The molecule has 8 heteroatoms. The monoisotopic (exact) mass is 500 g/mol. The molecule has 1 fully saturated rings. The first-order valence-electron chi connectivity index (χ1n) is 13.2. The Kier molecular flexibility index (Phi) is 5.86. The van der Waals surface area contributed by atoms with Crippen molar-refractivity contribution in [1.82, 2.24) is 40.4 Å². The van der Waals surface area contributed by atoms with Crippen molar-refractivity contribution in [3.8, 4) is 33.9 Å². The summed E-state index contributed by atoms with van der Waals surface area (Å²) in [5, 5.41) is 13.4. The van der Waals surface area contributed by atoms with E-state index in [2.05, 4.69) is 53.6 Å². The lowest BCUT2D eigenvalue weighted by Crippen LogP contribution is -2.20. The minimum atomic E-state index is 0.816. The van der Waals surface area contributed by atoms with E-state index in [0.717, 1.165) is 74.7 Å². The molecule has 0 atom stereocenters. The zero-order valence-corrected chi connectivity index (χ0v) is 21.0. The van der Waals surface area contributed by atoms with Crippen LogP contribution in [0.3, 0.4) is 0 Å². The van der Waals surface area contributed by atoms with Crippen LogP contribution in [0.2, 0.25) is 0 Å². The predicted octanol–water partition coefficient (Wildman–Crippen LogP) is 5.91. The molecule has 6 aromatic heterocycles. The quantitative estimate of drug-likeness (QED) is 0.252. The lowest BCUT2D eigenvalue weighted by molar-refractivity contribution is 0.489. The molecule has 1 aliphatic rings. The van der Waals surface area contributed by atoms with Crippen LogP contribution in [-0.2, 0) is 6.54 Å². The van der Waals surface area contributed by atoms with E-state index >= 15 is 0 Å². The number of H-pyrrole nitrogens is 2. The van der Waals surface area contributed by atoms with Crippen molar-refractivity contribution < 1.29 is 0 Å². The van der Waals surface area contributed by atoms with Crippen molar-refractivity contribution in [3.05, 3.63) is 79.1 Å². The highest BCUT2D eigenvalue weighted by Gasteiger charge is 2.16. The van der Waals surface area contributed by atoms with Crippen molar-refractivity contribution in [1.29, 1.82) is 0 Å². The molecule has 3 N–H and O–H groups in total. The van der Waals surface area contributed by atoms with E-state index in [1.54, 1.807) is 12.4 Å². The molecule has 0 spiro atoms. The maximum atomic E-state index is 4.71. The van der Waals surface area contributed by atoms with Crippen LogP contribution in [0, 0.1) is 5.92 Å². The smallest absolute Gasteiger partial charge is 0.116 e. The zero-order valence-electron chi connectivity index (χ0n) is 21.0. The third kappa shape index (κ3) is 4.33. The number of hydrogen-bond acceptors (Lipinski definition) is 6. The number of fused-ring (bicyclic) bond motifs is 2. The molecule has 0 amide bonds. The summed E-state index contributed by atoms with van der Waals surface area (Å²) >= 11 is 0. The van der Waals surface area contributed by atoms with Gasteiger partial charge in [-0.2, -0.15) is 5.10 Å². The number of hydrogen-bond donors (Lipinski definition) is 3. The van der Waals surface area contributed by atoms with Crippen LogP contribution in [0.25, 0.3) is 55.7 Å². The van der Waals surface area contributed by atoms with Gasteiger partial charge < -0.3 is 10.3 Å². The maximum Gasteiger partial charge on any atom is 0.116 e. The van der Waals surface area contributed by atoms with Gasteiger partial charge in [0.2, 0.25) is 0 Å². The van der Waals surface area contributed by atoms with Crippen LogP contribution in [0.4, 0.5) is 0 Å². The second-order valence-electron chi connectivity index (χ2n) is 10.1. The molecule has 0 unspecified atom stereocenters.